The number of rotatable bonds is 3. The SMILES string of the molecule is O=C(C1CCC1)N1CC[C@H](c2nc(C3CCCC3)no2)C1. The van der Waals surface area contributed by atoms with Crippen LogP contribution in [0.5, 0.6) is 0 Å². The Hall–Kier alpha value is -1.39. The van der Waals surface area contributed by atoms with Gasteiger partial charge in [0, 0.05) is 24.9 Å². The van der Waals surface area contributed by atoms with Gasteiger partial charge in [0.25, 0.3) is 0 Å². The maximum absolute atomic E-state index is 12.3. The van der Waals surface area contributed by atoms with Crippen molar-refractivity contribution in [1.82, 2.24) is 15.0 Å². The predicted octanol–water partition coefficient (Wildman–Crippen LogP) is 2.84. The summed E-state index contributed by atoms with van der Waals surface area (Å²) in [5, 5.41) is 4.19. The molecule has 4 rings (SSSR count). The van der Waals surface area contributed by atoms with E-state index in [1.165, 1.54) is 32.1 Å². The topological polar surface area (TPSA) is 59.2 Å². The first-order chi connectivity index (χ1) is 10.3. The van der Waals surface area contributed by atoms with Crippen molar-refractivity contribution < 1.29 is 9.32 Å². The smallest absolute Gasteiger partial charge is 0.231 e. The van der Waals surface area contributed by atoms with Gasteiger partial charge in [-0.3, -0.25) is 4.79 Å². The monoisotopic (exact) mass is 289 g/mol. The number of nitrogens with zero attached hydrogens (tertiary/aromatic N) is 3. The van der Waals surface area contributed by atoms with E-state index in [0.717, 1.165) is 44.1 Å². The zero-order valence-corrected chi connectivity index (χ0v) is 12.5. The van der Waals surface area contributed by atoms with E-state index < -0.39 is 0 Å². The van der Waals surface area contributed by atoms with Crippen molar-refractivity contribution in [2.45, 2.75) is 63.2 Å². The normalized spacial score (nSPS) is 27.2. The van der Waals surface area contributed by atoms with E-state index in [2.05, 4.69) is 10.1 Å². The van der Waals surface area contributed by atoms with Crippen LogP contribution >= 0.6 is 0 Å². The largest absolute Gasteiger partial charge is 0.342 e. The maximum atomic E-state index is 12.3. The highest BCUT2D eigenvalue weighted by Crippen LogP contribution is 2.35. The van der Waals surface area contributed by atoms with E-state index in [-0.39, 0.29) is 5.92 Å². The molecule has 0 aromatic carbocycles. The molecule has 5 heteroatoms. The van der Waals surface area contributed by atoms with Crippen LogP contribution in [-0.4, -0.2) is 34.0 Å². The van der Waals surface area contributed by atoms with Gasteiger partial charge in [-0.2, -0.15) is 4.98 Å². The summed E-state index contributed by atoms with van der Waals surface area (Å²) in [4.78, 5) is 18.9. The van der Waals surface area contributed by atoms with Gasteiger partial charge >= 0.3 is 0 Å². The molecule has 2 heterocycles. The van der Waals surface area contributed by atoms with Crippen molar-refractivity contribution in [1.29, 1.82) is 0 Å². The average molecular weight is 289 g/mol. The molecule has 3 fully saturated rings. The number of hydrogen-bond donors (Lipinski definition) is 0. The van der Waals surface area contributed by atoms with Gasteiger partial charge in [0.2, 0.25) is 11.8 Å². The molecule has 21 heavy (non-hydrogen) atoms. The summed E-state index contributed by atoms with van der Waals surface area (Å²) in [6.07, 6.45) is 9.26. The van der Waals surface area contributed by atoms with Crippen molar-refractivity contribution in [3.8, 4) is 0 Å². The van der Waals surface area contributed by atoms with Crippen LogP contribution in [0.3, 0.4) is 0 Å². The van der Waals surface area contributed by atoms with Gasteiger partial charge in [-0.1, -0.05) is 24.4 Å². The summed E-state index contributed by atoms with van der Waals surface area (Å²) in [5.74, 6) is 3.03. The van der Waals surface area contributed by atoms with Gasteiger partial charge in [0.1, 0.15) is 0 Å². The predicted molar refractivity (Wildman–Crippen MR) is 76.8 cm³/mol. The lowest BCUT2D eigenvalue weighted by molar-refractivity contribution is -0.137. The molecule has 1 atom stereocenters. The Morgan fingerprint density at radius 1 is 1.05 bits per heavy atom. The fourth-order valence-electron chi connectivity index (χ4n) is 3.84. The molecule has 0 bridgehead atoms. The van der Waals surface area contributed by atoms with Gasteiger partial charge in [-0.05, 0) is 32.1 Å². The summed E-state index contributed by atoms with van der Waals surface area (Å²) in [7, 11) is 0. The molecular formula is C16H23N3O2. The Morgan fingerprint density at radius 3 is 2.57 bits per heavy atom. The van der Waals surface area contributed by atoms with E-state index in [0.29, 0.717) is 17.7 Å². The lowest BCUT2D eigenvalue weighted by Crippen LogP contribution is -2.37. The van der Waals surface area contributed by atoms with E-state index in [9.17, 15) is 4.79 Å². The van der Waals surface area contributed by atoms with Crippen LogP contribution in [0.4, 0.5) is 0 Å². The molecule has 5 nitrogen and oxygen atoms in total. The van der Waals surface area contributed by atoms with Crippen molar-refractivity contribution in [3.63, 3.8) is 0 Å². The van der Waals surface area contributed by atoms with Crippen molar-refractivity contribution in [2.24, 2.45) is 5.92 Å². The third-order valence-corrected chi connectivity index (χ3v) is 5.48. The third kappa shape index (κ3) is 2.47. The maximum Gasteiger partial charge on any atom is 0.231 e. The Labute approximate surface area is 125 Å². The Balaban J connectivity index is 1.39. The number of carbonyl (C=O) groups is 1. The van der Waals surface area contributed by atoms with Crippen LogP contribution in [0, 0.1) is 5.92 Å². The lowest BCUT2D eigenvalue weighted by atomic mass is 9.84. The molecule has 1 aromatic rings. The molecule has 1 amide bonds. The molecule has 0 radical (unpaired) electrons. The van der Waals surface area contributed by atoms with Crippen LogP contribution < -0.4 is 0 Å². The summed E-state index contributed by atoms with van der Waals surface area (Å²) in [6, 6.07) is 0. The molecule has 2 saturated carbocycles. The number of hydrogen-bond acceptors (Lipinski definition) is 4. The average Bonchev–Trinajstić information content (AvgIpc) is 3.17. The fraction of sp³-hybridized carbons (Fsp3) is 0.812. The minimum Gasteiger partial charge on any atom is -0.342 e. The fourth-order valence-corrected chi connectivity index (χ4v) is 3.84. The first-order valence-corrected chi connectivity index (χ1v) is 8.43. The quantitative estimate of drug-likeness (QED) is 0.858. The third-order valence-electron chi connectivity index (χ3n) is 5.48. The first-order valence-electron chi connectivity index (χ1n) is 8.43. The number of amides is 1. The minimum atomic E-state index is 0.247. The molecule has 1 saturated heterocycles. The van der Waals surface area contributed by atoms with Crippen LogP contribution in [0.25, 0.3) is 0 Å². The molecule has 114 valence electrons. The van der Waals surface area contributed by atoms with Gasteiger partial charge in [0.15, 0.2) is 5.82 Å². The zero-order valence-electron chi connectivity index (χ0n) is 12.5. The highest BCUT2D eigenvalue weighted by Gasteiger charge is 2.36. The Morgan fingerprint density at radius 2 is 1.86 bits per heavy atom. The lowest BCUT2D eigenvalue weighted by Gasteiger charge is -2.28. The van der Waals surface area contributed by atoms with Crippen molar-refractivity contribution in [2.75, 3.05) is 13.1 Å². The Kier molecular flexibility index (Phi) is 3.43. The standard InChI is InChI=1S/C16H23N3O2/c20-16(12-6-3-7-12)19-9-8-13(10-19)15-17-14(18-21-15)11-4-1-2-5-11/h11-13H,1-10H2/t13-/m0/s1. The molecule has 1 aromatic heterocycles. The second-order valence-electron chi connectivity index (χ2n) is 6.87. The van der Waals surface area contributed by atoms with Crippen LogP contribution in [-0.2, 0) is 4.79 Å². The minimum absolute atomic E-state index is 0.247. The second-order valence-corrected chi connectivity index (χ2v) is 6.87. The van der Waals surface area contributed by atoms with E-state index in [4.69, 9.17) is 4.52 Å². The molecule has 0 spiro atoms. The molecule has 0 unspecified atom stereocenters. The van der Waals surface area contributed by atoms with E-state index in [1.807, 2.05) is 4.90 Å². The highest BCUT2D eigenvalue weighted by atomic mass is 16.5. The van der Waals surface area contributed by atoms with Gasteiger partial charge < -0.3 is 9.42 Å². The highest BCUT2D eigenvalue weighted by molar-refractivity contribution is 5.79. The Bertz CT molecular complexity index is 517. The number of carbonyl (C=O) groups excluding carboxylic acids is 1. The van der Waals surface area contributed by atoms with E-state index in [1.54, 1.807) is 0 Å². The molecule has 3 aliphatic rings. The second kappa shape index (κ2) is 5.43. The number of aromatic nitrogens is 2. The molecule has 2 aliphatic carbocycles. The van der Waals surface area contributed by atoms with Crippen LogP contribution in [0.1, 0.15) is 74.9 Å². The van der Waals surface area contributed by atoms with Gasteiger partial charge in [-0.15, -0.1) is 0 Å². The zero-order chi connectivity index (χ0) is 14.2. The summed E-state index contributed by atoms with van der Waals surface area (Å²) in [5.41, 5.74) is 0. The van der Waals surface area contributed by atoms with Crippen LogP contribution in [0.15, 0.2) is 4.52 Å². The summed E-state index contributed by atoms with van der Waals surface area (Å²) in [6.45, 7) is 1.61. The van der Waals surface area contributed by atoms with Crippen molar-refractivity contribution in [3.05, 3.63) is 11.7 Å². The molecule has 1 aliphatic heterocycles. The van der Waals surface area contributed by atoms with Gasteiger partial charge in [-0.25, -0.2) is 0 Å². The van der Waals surface area contributed by atoms with Gasteiger partial charge in [0.05, 0.1) is 5.92 Å². The summed E-state index contributed by atoms with van der Waals surface area (Å²) >= 11 is 0. The number of likely N-dealkylation sites (tertiary alicyclic amines) is 1. The molecule has 0 N–H and O–H groups in total. The molecular weight excluding hydrogens is 266 g/mol. The first kappa shape index (κ1) is 13.3. The van der Waals surface area contributed by atoms with E-state index >= 15 is 0 Å². The van der Waals surface area contributed by atoms with Crippen molar-refractivity contribution >= 4 is 5.91 Å². The summed E-state index contributed by atoms with van der Waals surface area (Å²) < 4.78 is 5.49. The van der Waals surface area contributed by atoms with Crippen LogP contribution in [0.2, 0.25) is 0 Å².